The molecule has 7 N–H and O–H groups in total. The Morgan fingerprint density at radius 1 is 1.33 bits per heavy atom. The lowest BCUT2D eigenvalue weighted by Gasteiger charge is -2.20. The molecular formula is C8H12FN7O2. The molecule has 0 spiro atoms. The lowest BCUT2D eigenvalue weighted by molar-refractivity contribution is -0.117. The summed E-state index contributed by atoms with van der Waals surface area (Å²) >= 11 is 0. The van der Waals surface area contributed by atoms with Gasteiger partial charge in [-0.15, -0.1) is 0 Å². The highest BCUT2D eigenvalue weighted by molar-refractivity contribution is 5.84. The monoisotopic (exact) mass is 257 g/mol. The van der Waals surface area contributed by atoms with Crippen molar-refractivity contribution < 1.29 is 14.0 Å². The number of carbonyl (C=O) groups is 2. The third kappa shape index (κ3) is 3.52. The minimum absolute atomic E-state index is 0.0784. The predicted octanol–water partition coefficient (Wildman–Crippen LogP) is -2.32. The van der Waals surface area contributed by atoms with E-state index in [0.29, 0.717) is 0 Å². The van der Waals surface area contributed by atoms with Gasteiger partial charge in [-0.25, -0.2) is 15.2 Å². The number of hydrazine groups is 1. The molecule has 1 heterocycles. The van der Waals surface area contributed by atoms with E-state index in [4.69, 9.17) is 17.3 Å². The van der Waals surface area contributed by atoms with Gasteiger partial charge in [-0.2, -0.15) is 4.98 Å². The number of nitrogens with two attached hydrogens (primary N) is 3. The van der Waals surface area contributed by atoms with Crippen molar-refractivity contribution in [3.8, 4) is 0 Å². The van der Waals surface area contributed by atoms with Crippen LogP contribution in [0, 0.1) is 5.82 Å². The van der Waals surface area contributed by atoms with Gasteiger partial charge in [-0.05, 0) is 0 Å². The lowest BCUT2D eigenvalue weighted by atomic mass is 10.4. The summed E-state index contributed by atoms with van der Waals surface area (Å²) in [6.45, 7) is -0.832. The number of hydrogen-bond acceptors (Lipinski definition) is 7. The van der Waals surface area contributed by atoms with Gasteiger partial charge in [0.15, 0.2) is 11.6 Å². The van der Waals surface area contributed by atoms with Crippen LogP contribution < -0.4 is 27.6 Å². The highest BCUT2D eigenvalue weighted by Gasteiger charge is 2.18. The number of rotatable bonds is 6. The first-order valence-electron chi connectivity index (χ1n) is 4.74. The zero-order valence-electron chi connectivity index (χ0n) is 9.26. The smallest absolute Gasteiger partial charge is 0.239 e. The highest BCUT2D eigenvalue weighted by Crippen LogP contribution is 2.16. The molecule has 1 aromatic rings. The number of primary amides is 2. The van der Waals surface area contributed by atoms with E-state index >= 15 is 0 Å². The van der Waals surface area contributed by atoms with E-state index in [9.17, 15) is 14.0 Å². The van der Waals surface area contributed by atoms with E-state index in [1.165, 1.54) is 0 Å². The maximum Gasteiger partial charge on any atom is 0.239 e. The van der Waals surface area contributed by atoms with Gasteiger partial charge in [0.05, 0.1) is 19.3 Å². The number of nitrogens with one attached hydrogen (secondary N) is 1. The van der Waals surface area contributed by atoms with Gasteiger partial charge < -0.3 is 16.4 Å². The van der Waals surface area contributed by atoms with Crippen molar-refractivity contribution in [2.45, 2.75) is 0 Å². The number of nitrogen functional groups attached to an aromatic ring is 1. The fourth-order valence-corrected chi connectivity index (χ4v) is 1.23. The second-order valence-electron chi connectivity index (χ2n) is 3.30. The summed E-state index contributed by atoms with van der Waals surface area (Å²) in [4.78, 5) is 29.9. The topological polar surface area (TPSA) is 153 Å². The van der Waals surface area contributed by atoms with Crippen LogP contribution >= 0.6 is 0 Å². The third-order valence-electron chi connectivity index (χ3n) is 1.85. The molecule has 0 saturated carbocycles. The maximum atomic E-state index is 13.5. The average molecular weight is 257 g/mol. The van der Waals surface area contributed by atoms with Crippen LogP contribution in [0.25, 0.3) is 0 Å². The van der Waals surface area contributed by atoms with Crippen molar-refractivity contribution in [1.82, 2.24) is 9.97 Å². The molecule has 9 nitrogen and oxygen atoms in total. The molecule has 0 fully saturated rings. The predicted molar refractivity (Wildman–Crippen MR) is 60.4 cm³/mol. The number of nitrogens with zero attached hydrogens (tertiary/aromatic N) is 3. The minimum atomic E-state index is -0.837. The summed E-state index contributed by atoms with van der Waals surface area (Å²) in [7, 11) is 0. The minimum Gasteiger partial charge on any atom is -0.368 e. The van der Waals surface area contributed by atoms with Gasteiger partial charge in [0.25, 0.3) is 0 Å². The van der Waals surface area contributed by atoms with Crippen LogP contribution in [-0.2, 0) is 9.59 Å². The van der Waals surface area contributed by atoms with E-state index < -0.39 is 30.7 Å². The molecule has 18 heavy (non-hydrogen) atoms. The van der Waals surface area contributed by atoms with Crippen LogP contribution in [-0.4, -0.2) is 34.9 Å². The van der Waals surface area contributed by atoms with E-state index in [1.807, 2.05) is 0 Å². The Kier molecular flexibility index (Phi) is 4.32. The van der Waals surface area contributed by atoms with Gasteiger partial charge in [-0.3, -0.25) is 15.0 Å². The highest BCUT2D eigenvalue weighted by atomic mass is 19.1. The van der Waals surface area contributed by atoms with Gasteiger partial charge >= 0.3 is 0 Å². The average Bonchev–Trinajstić information content (AvgIpc) is 2.27. The van der Waals surface area contributed by atoms with Crippen LogP contribution in [0.3, 0.4) is 0 Å². The van der Waals surface area contributed by atoms with Gasteiger partial charge in [0.2, 0.25) is 17.8 Å². The number of amides is 2. The van der Waals surface area contributed by atoms with Gasteiger partial charge in [0.1, 0.15) is 0 Å². The molecule has 0 aromatic carbocycles. The zero-order chi connectivity index (χ0) is 13.7. The van der Waals surface area contributed by atoms with Crippen molar-refractivity contribution in [2.24, 2.45) is 17.3 Å². The quantitative estimate of drug-likeness (QED) is 0.329. The Balaban J connectivity index is 3.09. The standard InChI is InChI=1S/C8H12FN7O2/c9-4-1-13-8(15-12)14-7(4)16(2-5(10)17)3-6(11)18/h1H,2-3,12H2,(H2,10,17)(H2,11,18)(H,13,14,15). The van der Waals surface area contributed by atoms with E-state index in [-0.39, 0.29) is 11.8 Å². The van der Waals surface area contributed by atoms with Crippen LogP contribution in [0.4, 0.5) is 16.2 Å². The summed E-state index contributed by atoms with van der Waals surface area (Å²) in [6, 6.07) is 0. The van der Waals surface area contributed by atoms with Gasteiger partial charge in [0, 0.05) is 0 Å². The fourth-order valence-electron chi connectivity index (χ4n) is 1.23. The Hall–Kier alpha value is -2.49. The molecule has 1 aromatic heterocycles. The molecule has 98 valence electrons. The molecule has 0 unspecified atom stereocenters. The van der Waals surface area contributed by atoms with Crippen molar-refractivity contribution >= 4 is 23.6 Å². The van der Waals surface area contributed by atoms with Crippen LogP contribution in [0.15, 0.2) is 6.20 Å². The Morgan fingerprint density at radius 3 is 2.33 bits per heavy atom. The van der Waals surface area contributed by atoms with E-state index in [0.717, 1.165) is 11.1 Å². The Morgan fingerprint density at radius 2 is 1.89 bits per heavy atom. The second-order valence-corrected chi connectivity index (χ2v) is 3.30. The van der Waals surface area contributed by atoms with Crippen molar-refractivity contribution in [3.05, 3.63) is 12.0 Å². The molecule has 0 bridgehead atoms. The molecule has 1 rings (SSSR count). The van der Waals surface area contributed by atoms with Crippen molar-refractivity contribution in [2.75, 3.05) is 23.4 Å². The zero-order valence-corrected chi connectivity index (χ0v) is 9.26. The Labute approximate surface area is 101 Å². The van der Waals surface area contributed by atoms with E-state index in [1.54, 1.807) is 0 Å². The summed E-state index contributed by atoms with van der Waals surface area (Å²) in [5.41, 5.74) is 12.1. The van der Waals surface area contributed by atoms with Crippen LogP contribution in [0.2, 0.25) is 0 Å². The second kappa shape index (κ2) is 5.72. The first-order valence-corrected chi connectivity index (χ1v) is 4.74. The summed E-state index contributed by atoms with van der Waals surface area (Å²) < 4.78 is 13.5. The molecule has 0 aliphatic carbocycles. The summed E-state index contributed by atoms with van der Waals surface area (Å²) in [6.07, 6.45) is 0.840. The fraction of sp³-hybridized carbons (Fsp3) is 0.250. The maximum absolute atomic E-state index is 13.5. The lowest BCUT2D eigenvalue weighted by Crippen LogP contribution is -2.40. The summed E-state index contributed by atoms with van der Waals surface area (Å²) in [5, 5.41) is 0. The molecule has 0 aliphatic rings. The molecule has 10 heteroatoms. The normalized spacial score (nSPS) is 9.89. The number of aromatic nitrogens is 2. The van der Waals surface area contributed by atoms with Crippen molar-refractivity contribution in [3.63, 3.8) is 0 Å². The number of hydrogen-bond donors (Lipinski definition) is 4. The molecule has 2 amide bonds. The SMILES string of the molecule is NNc1ncc(F)c(N(CC(N)=O)CC(N)=O)n1. The number of anilines is 2. The Bertz CT molecular complexity index is 451. The molecule has 0 saturated heterocycles. The number of halogens is 1. The van der Waals surface area contributed by atoms with Crippen molar-refractivity contribution in [1.29, 1.82) is 0 Å². The van der Waals surface area contributed by atoms with E-state index in [2.05, 4.69) is 15.4 Å². The first kappa shape index (κ1) is 13.6. The third-order valence-corrected chi connectivity index (χ3v) is 1.85. The van der Waals surface area contributed by atoms with Crippen LogP contribution in [0.5, 0.6) is 0 Å². The van der Waals surface area contributed by atoms with Crippen LogP contribution in [0.1, 0.15) is 0 Å². The summed E-state index contributed by atoms with van der Waals surface area (Å²) in [5.74, 6) is 2.33. The molecular weight excluding hydrogens is 245 g/mol. The van der Waals surface area contributed by atoms with Gasteiger partial charge in [-0.1, -0.05) is 0 Å². The molecule has 0 aliphatic heterocycles. The number of carbonyl (C=O) groups excluding carboxylic acids is 2. The first-order chi connectivity index (χ1) is 8.43. The largest absolute Gasteiger partial charge is 0.368 e. The molecule has 0 radical (unpaired) electrons. The molecule has 0 atom stereocenters.